The average Bonchev–Trinajstić information content (AvgIpc) is 3.06. The van der Waals surface area contributed by atoms with Gasteiger partial charge in [0.25, 0.3) is 0 Å². The van der Waals surface area contributed by atoms with Gasteiger partial charge in [0.15, 0.2) is 5.13 Å². The molecule has 0 spiro atoms. The summed E-state index contributed by atoms with van der Waals surface area (Å²) < 4.78 is 5.11. The van der Waals surface area contributed by atoms with Gasteiger partial charge in [-0.05, 0) is 49.6 Å². The zero-order valence-electron chi connectivity index (χ0n) is 12.7. The van der Waals surface area contributed by atoms with Gasteiger partial charge >= 0.3 is 5.97 Å². The van der Waals surface area contributed by atoms with Gasteiger partial charge in [0.1, 0.15) is 5.41 Å². The number of nitrogens with zero attached hydrogens (tertiary/aromatic N) is 1. The molecular formula is C15H20N2O2S2. The van der Waals surface area contributed by atoms with Gasteiger partial charge in [0, 0.05) is 11.9 Å². The summed E-state index contributed by atoms with van der Waals surface area (Å²) in [6, 6.07) is 0. The molecule has 0 aliphatic rings. The Morgan fingerprint density at radius 3 is 2.76 bits per heavy atom. The van der Waals surface area contributed by atoms with Crippen LogP contribution in [0.3, 0.4) is 0 Å². The van der Waals surface area contributed by atoms with Crippen LogP contribution in [-0.4, -0.2) is 17.6 Å². The molecule has 0 amide bonds. The van der Waals surface area contributed by atoms with E-state index in [0.29, 0.717) is 6.61 Å². The molecule has 4 nitrogen and oxygen atoms in total. The maximum absolute atomic E-state index is 12.0. The van der Waals surface area contributed by atoms with Crippen LogP contribution in [-0.2, 0) is 21.5 Å². The predicted octanol–water partition coefficient (Wildman–Crippen LogP) is 3.97. The molecule has 2 heterocycles. The third-order valence-electron chi connectivity index (χ3n) is 3.32. The molecule has 2 aromatic rings. The van der Waals surface area contributed by atoms with Crippen LogP contribution in [0.5, 0.6) is 0 Å². The number of rotatable bonds is 6. The van der Waals surface area contributed by atoms with Gasteiger partial charge in [0.05, 0.1) is 12.3 Å². The number of thiophene rings is 1. The number of nitrogens with one attached hydrogen (secondary N) is 1. The maximum atomic E-state index is 12.0. The van der Waals surface area contributed by atoms with E-state index in [1.54, 1.807) is 11.3 Å². The number of carbonyl (C=O) groups excluding carboxylic acids is 1. The Balaban J connectivity index is 2.04. The van der Waals surface area contributed by atoms with Crippen molar-refractivity contribution < 1.29 is 9.53 Å². The number of hydrogen-bond acceptors (Lipinski definition) is 6. The summed E-state index contributed by atoms with van der Waals surface area (Å²) in [4.78, 5) is 16.5. The molecule has 2 rings (SSSR count). The van der Waals surface area contributed by atoms with Crippen molar-refractivity contribution in [3.8, 4) is 0 Å². The van der Waals surface area contributed by atoms with Crippen molar-refractivity contribution in [1.82, 2.24) is 4.98 Å². The zero-order valence-corrected chi connectivity index (χ0v) is 14.4. The van der Waals surface area contributed by atoms with E-state index in [0.717, 1.165) is 17.4 Å². The number of aryl methyl sites for hydroxylation is 1. The largest absolute Gasteiger partial charge is 0.465 e. The normalized spacial score (nSPS) is 11.4. The lowest BCUT2D eigenvalue weighted by Gasteiger charge is -2.19. The highest BCUT2D eigenvalue weighted by molar-refractivity contribution is 7.13. The highest BCUT2D eigenvalue weighted by atomic mass is 32.1. The molecule has 0 unspecified atom stereocenters. The van der Waals surface area contributed by atoms with Crippen molar-refractivity contribution in [2.75, 3.05) is 11.9 Å². The van der Waals surface area contributed by atoms with Gasteiger partial charge in [-0.3, -0.25) is 4.79 Å². The molecule has 0 fully saturated rings. The lowest BCUT2D eigenvalue weighted by Crippen LogP contribution is -2.31. The zero-order chi connectivity index (χ0) is 15.5. The highest BCUT2D eigenvalue weighted by Gasteiger charge is 2.33. The number of hydrogen-bond donors (Lipinski definition) is 1. The molecule has 2 aromatic heterocycles. The van der Waals surface area contributed by atoms with Gasteiger partial charge in [-0.2, -0.15) is 11.3 Å². The minimum absolute atomic E-state index is 0.240. The van der Waals surface area contributed by atoms with Gasteiger partial charge in [-0.15, -0.1) is 11.3 Å². The van der Waals surface area contributed by atoms with Crippen LogP contribution in [0.2, 0.25) is 0 Å². The first-order valence-electron chi connectivity index (χ1n) is 6.84. The number of anilines is 1. The average molecular weight is 324 g/mol. The standard InChI is InChI=1S/C15H20N2O2S2/c1-5-19-13(18)15(3,4)12-9-21-14(17-12)16-6-11-8-20-7-10(11)2/h7-9H,5-6H2,1-4H3,(H,16,17). The molecule has 21 heavy (non-hydrogen) atoms. The summed E-state index contributed by atoms with van der Waals surface area (Å²) in [6.07, 6.45) is 0. The monoisotopic (exact) mass is 324 g/mol. The van der Waals surface area contributed by atoms with Crippen molar-refractivity contribution in [3.05, 3.63) is 33.0 Å². The summed E-state index contributed by atoms with van der Waals surface area (Å²) in [5, 5.41) is 10.3. The van der Waals surface area contributed by atoms with Gasteiger partial charge in [-0.1, -0.05) is 0 Å². The molecule has 0 aliphatic heterocycles. The molecule has 114 valence electrons. The maximum Gasteiger partial charge on any atom is 0.317 e. The first-order valence-corrected chi connectivity index (χ1v) is 8.66. The number of aromatic nitrogens is 1. The summed E-state index contributed by atoms with van der Waals surface area (Å²) in [7, 11) is 0. The van der Waals surface area contributed by atoms with E-state index in [-0.39, 0.29) is 5.97 Å². The lowest BCUT2D eigenvalue weighted by molar-refractivity contribution is -0.148. The summed E-state index contributed by atoms with van der Waals surface area (Å²) in [5.41, 5.74) is 2.60. The Bertz CT molecular complexity index is 617. The van der Waals surface area contributed by atoms with Gasteiger partial charge in [0.2, 0.25) is 0 Å². The quantitative estimate of drug-likeness (QED) is 0.817. The molecular weight excluding hydrogens is 304 g/mol. The number of ether oxygens (including phenoxy) is 1. The van der Waals surface area contributed by atoms with Crippen molar-refractivity contribution >= 4 is 33.8 Å². The van der Waals surface area contributed by atoms with E-state index >= 15 is 0 Å². The number of thiazole rings is 1. The topological polar surface area (TPSA) is 51.2 Å². The van der Waals surface area contributed by atoms with E-state index in [9.17, 15) is 4.79 Å². The first-order chi connectivity index (χ1) is 9.95. The third kappa shape index (κ3) is 3.63. The minimum atomic E-state index is -0.718. The van der Waals surface area contributed by atoms with E-state index < -0.39 is 5.41 Å². The number of carbonyl (C=O) groups is 1. The van der Waals surface area contributed by atoms with Gasteiger partial charge in [-0.25, -0.2) is 4.98 Å². The molecule has 6 heteroatoms. The Kier molecular flexibility index (Phi) is 5.00. The van der Waals surface area contributed by atoms with Gasteiger partial charge < -0.3 is 10.1 Å². The number of esters is 1. The van der Waals surface area contributed by atoms with E-state index in [4.69, 9.17) is 4.74 Å². The second-order valence-corrected chi connectivity index (χ2v) is 6.92. The molecule has 0 atom stereocenters. The van der Waals surface area contributed by atoms with E-state index in [1.165, 1.54) is 22.5 Å². The van der Waals surface area contributed by atoms with Crippen LogP contribution >= 0.6 is 22.7 Å². The molecule has 0 saturated carbocycles. The van der Waals surface area contributed by atoms with Crippen LogP contribution in [0.15, 0.2) is 16.1 Å². The Hall–Kier alpha value is -1.40. The van der Waals surface area contributed by atoms with Crippen molar-refractivity contribution in [3.63, 3.8) is 0 Å². The van der Waals surface area contributed by atoms with E-state index in [2.05, 4.69) is 28.0 Å². The summed E-state index contributed by atoms with van der Waals surface area (Å²) >= 11 is 3.22. The Morgan fingerprint density at radius 2 is 2.14 bits per heavy atom. The summed E-state index contributed by atoms with van der Waals surface area (Å²) in [5.74, 6) is -0.240. The molecule has 0 radical (unpaired) electrons. The second kappa shape index (κ2) is 6.58. The van der Waals surface area contributed by atoms with Crippen LogP contribution < -0.4 is 5.32 Å². The Labute approximate surface area is 133 Å². The van der Waals surface area contributed by atoms with Crippen molar-refractivity contribution in [1.29, 1.82) is 0 Å². The fourth-order valence-electron chi connectivity index (χ4n) is 1.80. The van der Waals surface area contributed by atoms with Crippen LogP contribution in [0.1, 0.15) is 37.6 Å². The fraction of sp³-hybridized carbons (Fsp3) is 0.467. The van der Waals surface area contributed by atoms with E-state index in [1.807, 2.05) is 26.2 Å². The molecule has 0 aromatic carbocycles. The Morgan fingerprint density at radius 1 is 1.38 bits per heavy atom. The smallest absolute Gasteiger partial charge is 0.317 e. The minimum Gasteiger partial charge on any atom is -0.465 e. The highest BCUT2D eigenvalue weighted by Crippen LogP contribution is 2.28. The van der Waals surface area contributed by atoms with Crippen LogP contribution in [0.25, 0.3) is 0 Å². The molecule has 0 saturated heterocycles. The first kappa shape index (κ1) is 16.0. The third-order valence-corrected chi connectivity index (χ3v) is 5.03. The predicted molar refractivity (Wildman–Crippen MR) is 88.2 cm³/mol. The lowest BCUT2D eigenvalue weighted by atomic mass is 9.90. The molecule has 0 aliphatic carbocycles. The van der Waals surface area contributed by atoms with Crippen LogP contribution in [0.4, 0.5) is 5.13 Å². The fourth-order valence-corrected chi connectivity index (χ4v) is 3.53. The molecule has 0 bridgehead atoms. The SMILES string of the molecule is CCOC(=O)C(C)(C)c1csc(NCc2cscc2C)n1. The summed E-state index contributed by atoms with van der Waals surface area (Å²) in [6.45, 7) is 8.73. The van der Waals surface area contributed by atoms with Crippen molar-refractivity contribution in [2.45, 2.75) is 39.7 Å². The second-order valence-electron chi connectivity index (χ2n) is 5.32. The molecule has 1 N–H and O–H groups in total. The van der Waals surface area contributed by atoms with Crippen molar-refractivity contribution in [2.24, 2.45) is 0 Å². The van der Waals surface area contributed by atoms with Crippen LogP contribution in [0, 0.1) is 6.92 Å².